The summed E-state index contributed by atoms with van der Waals surface area (Å²) in [5.41, 5.74) is 3.16. The van der Waals surface area contributed by atoms with Gasteiger partial charge in [-0.15, -0.1) is 13.2 Å². The van der Waals surface area contributed by atoms with Gasteiger partial charge in [-0.25, -0.2) is 9.97 Å². The van der Waals surface area contributed by atoms with Crippen molar-refractivity contribution >= 4 is 16.7 Å². The van der Waals surface area contributed by atoms with E-state index in [2.05, 4.69) is 43.2 Å². The number of benzene rings is 2. The lowest BCUT2D eigenvalue weighted by Crippen LogP contribution is -2.24. The van der Waals surface area contributed by atoms with Gasteiger partial charge in [0.2, 0.25) is 0 Å². The van der Waals surface area contributed by atoms with Crippen LogP contribution in [0.15, 0.2) is 73.8 Å². The Hall–Kier alpha value is -2.94. The topological polar surface area (TPSA) is 29.0 Å². The van der Waals surface area contributed by atoms with E-state index in [0.29, 0.717) is 13.1 Å². The molecule has 0 spiro atoms. The fourth-order valence-corrected chi connectivity index (χ4v) is 2.77. The first-order valence-corrected chi connectivity index (χ1v) is 8.03. The van der Waals surface area contributed by atoms with Crippen LogP contribution in [0.5, 0.6) is 0 Å². The Morgan fingerprint density at radius 1 is 0.958 bits per heavy atom. The number of hydrogen-bond donors (Lipinski definition) is 0. The lowest BCUT2D eigenvalue weighted by atomic mass is 10.1. The number of aryl methyl sites for hydroxylation is 1. The largest absolute Gasteiger partial charge is 0.349 e. The second-order valence-corrected chi connectivity index (χ2v) is 5.74. The van der Waals surface area contributed by atoms with E-state index >= 15 is 0 Å². The van der Waals surface area contributed by atoms with E-state index in [1.807, 2.05) is 42.5 Å². The molecule has 0 aliphatic rings. The van der Waals surface area contributed by atoms with Crippen LogP contribution in [0.4, 0.5) is 5.82 Å². The maximum absolute atomic E-state index is 4.87. The molecule has 0 bridgehead atoms. The summed E-state index contributed by atoms with van der Waals surface area (Å²) in [4.78, 5) is 11.8. The molecule has 1 heterocycles. The van der Waals surface area contributed by atoms with Gasteiger partial charge in [-0.1, -0.05) is 48.0 Å². The molecule has 0 aliphatic heterocycles. The molecule has 0 atom stereocenters. The van der Waals surface area contributed by atoms with E-state index in [0.717, 1.165) is 28.1 Å². The lowest BCUT2D eigenvalue weighted by Gasteiger charge is -2.22. The summed E-state index contributed by atoms with van der Waals surface area (Å²) in [6.07, 6.45) is 3.76. The van der Waals surface area contributed by atoms with Gasteiger partial charge in [-0.2, -0.15) is 0 Å². The van der Waals surface area contributed by atoms with Crippen LogP contribution >= 0.6 is 0 Å². The molecule has 3 rings (SSSR count). The molecule has 0 unspecified atom stereocenters. The summed E-state index contributed by atoms with van der Waals surface area (Å²) >= 11 is 0. The van der Waals surface area contributed by atoms with Crippen LogP contribution in [-0.4, -0.2) is 23.1 Å². The van der Waals surface area contributed by atoms with E-state index in [1.165, 1.54) is 5.56 Å². The zero-order chi connectivity index (χ0) is 16.9. The zero-order valence-electron chi connectivity index (χ0n) is 13.9. The Morgan fingerprint density at radius 3 is 2.42 bits per heavy atom. The van der Waals surface area contributed by atoms with Gasteiger partial charge >= 0.3 is 0 Å². The highest BCUT2D eigenvalue weighted by atomic mass is 15.2. The average Bonchev–Trinajstić information content (AvgIpc) is 2.60. The van der Waals surface area contributed by atoms with Crippen LogP contribution in [-0.2, 0) is 0 Å². The Kier molecular flexibility index (Phi) is 4.71. The minimum atomic E-state index is 0.709. The maximum atomic E-state index is 4.87. The van der Waals surface area contributed by atoms with Gasteiger partial charge in [0, 0.05) is 24.0 Å². The van der Waals surface area contributed by atoms with Crippen LogP contribution in [0, 0.1) is 6.92 Å². The lowest BCUT2D eigenvalue weighted by molar-refractivity contribution is 0.930. The summed E-state index contributed by atoms with van der Waals surface area (Å²) in [6, 6.07) is 16.4. The summed E-state index contributed by atoms with van der Waals surface area (Å²) in [5, 5.41) is 1.04. The minimum absolute atomic E-state index is 0.709. The van der Waals surface area contributed by atoms with Gasteiger partial charge < -0.3 is 4.90 Å². The SMILES string of the molecule is C=CCN(CC=C)c1nc(-c2cccc(C)c2)nc2ccccc12. The van der Waals surface area contributed by atoms with E-state index in [1.54, 1.807) is 0 Å². The van der Waals surface area contributed by atoms with Crippen LogP contribution < -0.4 is 4.90 Å². The zero-order valence-corrected chi connectivity index (χ0v) is 13.9. The van der Waals surface area contributed by atoms with Crippen molar-refractivity contribution in [3.8, 4) is 11.4 Å². The number of aromatic nitrogens is 2. The van der Waals surface area contributed by atoms with E-state index in [-0.39, 0.29) is 0 Å². The van der Waals surface area contributed by atoms with Crippen LogP contribution in [0.2, 0.25) is 0 Å². The molecular weight excluding hydrogens is 294 g/mol. The maximum Gasteiger partial charge on any atom is 0.162 e. The second-order valence-electron chi connectivity index (χ2n) is 5.74. The van der Waals surface area contributed by atoms with Gasteiger partial charge in [-0.3, -0.25) is 0 Å². The predicted octanol–water partition coefficient (Wildman–Crippen LogP) is 4.78. The molecule has 0 radical (unpaired) electrons. The van der Waals surface area contributed by atoms with Crippen molar-refractivity contribution < 1.29 is 0 Å². The fraction of sp³-hybridized carbons (Fsp3) is 0.143. The molecule has 0 N–H and O–H groups in total. The van der Waals surface area contributed by atoms with E-state index in [9.17, 15) is 0 Å². The molecule has 0 saturated heterocycles. The molecule has 0 fully saturated rings. The molecule has 24 heavy (non-hydrogen) atoms. The van der Waals surface area contributed by atoms with Gasteiger partial charge in [0.1, 0.15) is 5.82 Å². The predicted molar refractivity (Wildman–Crippen MR) is 102 cm³/mol. The molecule has 3 heteroatoms. The number of fused-ring (bicyclic) bond motifs is 1. The van der Waals surface area contributed by atoms with Crippen molar-refractivity contribution in [2.24, 2.45) is 0 Å². The van der Waals surface area contributed by atoms with Crippen molar-refractivity contribution in [3.63, 3.8) is 0 Å². The molecule has 0 aliphatic carbocycles. The summed E-state index contributed by atoms with van der Waals surface area (Å²) in [6.45, 7) is 11.2. The second kappa shape index (κ2) is 7.09. The van der Waals surface area contributed by atoms with Crippen molar-refractivity contribution in [2.45, 2.75) is 6.92 Å². The molecule has 120 valence electrons. The third-order valence-electron chi connectivity index (χ3n) is 3.86. The third kappa shape index (κ3) is 3.20. The first kappa shape index (κ1) is 15.9. The highest BCUT2D eigenvalue weighted by molar-refractivity contribution is 5.91. The highest BCUT2D eigenvalue weighted by Gasteiger charge is 2.13. The standard InChI is InChI=1S/C21H21N3/c1-4-13-24(14-5-2)21-18-11-6-7-12-19(18)22-20(23-21)17-10-8-9-16(3)15-17/h4-12,15H,1-2,13-14H2,3H3. The number of nitrogens with zero attached hydrogens (tertiary/aromatic N) is 3. The molecular formula is C21H21N3. The van der Waals surface area contributed by atoms with Crippen molar-refractivity contribution in [2.75, 3.05) is 18.0 Å². The molecule has 3 nitrogen and oxygen atoms in total. The summed E-state index contributed by atoms with van der Waals surface area (Å²) in [7, 11) is 0. The van der Waals surface area contributed by atoms with Crippen molar-refractivity contribution in [3.05, 3.63) is 79.4 Å². The highest BCUT2D eigenvalue weighted by Crippen LogP contribution is 2.27. The normalized spacial score (nSPS) is 10.5. The molecule has 1 aromatic heterocycles. The third-order valence-corrected chi connectivity index (χ3v) is 3.86. The number of rotatable bonds is 6. The summed E-state index contributed by atoms with van der Waals surface area (Å²) < 4.78 is 0. The first-order valence-electron chi connectivity index (χ1n) is 8.03. The monoisotopic (exact) mass is 315 g/mol. The van der Waals surface area contributed by atoms with E-state index < -0.39 is 0 Å². The van der Waals surface area contributed by atoms with Gasteiger partial charge in [-0.05, 0) is 25.1 Å². The van der Waals surface area contributed by atoms with Crippen LogP contribution in [0.25, 0.3) is 22.3 Å². The smallest absolute Gasteiger partial charge is 0.162 e. The van der Waals surface area contributed by atoms with Crippen molar-refractivity contribution in [1.82, 2.24) is 9.97 Å². The van der Waals surface area contributed by atoms with E-state index in [4.69, 9.17) is 9.97 Å². The summed E-state index contributed by atoms with van der Waals surface area (Å²) in [5.74, 6) is 1.66. The quantitative estimate of drug-likeness (QED) is 0.613. The van der Waals surface area contributed by atoms with Crippen molar-refractivity contribution in [1.29, 1.82) is 0 Å². The van der Waals surface area contributed by atoms with Gasteiger partial charge in [0.05, 0.1) is 5.52 Å². The van der Waals surface area contributed by atoms with Gasteiger partial charge in [0.15, 0.2) is 5.82 Å². The van der Waals surface area contributed by atoms with Crippen LogP contribution in [0.3, 0.4) is 0 Å². The molecule has 2 aromatic carbocycles. The molecule has 0 amide bonds. The minimum Gasteiger partial charge on any atom is -0.349 e. The fourth-order valence-electron chi connectivity index (χ4n) is 2.77. The number of anilines is 1. The van der Waals surface area contributed by atoms with Crippen LogP contribution in [0.1, 0.15) is 5.56 Å². The number of para-hydroxylation sites is 1. The molecule has 0 saturated carbocycles. The average molecular weight is 315 g/mol. The number of hydrogen-bond acceptors (Lipinski definition) is 3. The Labute approximate surface area is 143 Å². The Balaban J connectivity index is 2.22. The molecule has 3 aromatic rings. The Bertz CT molecular complexity index is 873. The Morgan fingerprint density at radius 2 is 1.71 bits per heavy atom. The first-order chi connectivity index (χ1) is 11.7. The van der Waals surface area contributed by atoms with Gasteiger partial charge in [0.25, 0.3) is 0 Å².